The highest BCUT2D eigenvalue weighted by Crippen LogP contribution is 2.38. The van der Waals surface area contributed by atoms with E-state index < -0.39 is 35.0 Å². The van der Waals surface area contributed by atoms with Crippen LogP contribution in [0, 0.1) is 0 Å². The second-order valence-corrected chi connectivity index (χ2v) is 6.17. The Bertz CT molecular complexity index is 1060. The predicted molar refractivity (Wildman–Crippen MR) is 93.8 cm³/mol. The molecule has 0 bridgehead atoms. The minimum atomic E-state index is -4.98. The van der Waals surface area contributed by atoms with Crippen molar-refractivity contribution in [3.05, 3.63) is 60.2 Å². The van der Waals surface area contributed by atoms with E-state index in [1.165, 1.54) is 24.5 Å². The second-order valence-electron chi connectivity index (χ2n) is 6.17. The van der Waals surface area contributed by atoms with Gasteiger partial charge in [-0.25, -0.2) is 4.98 Å². The lowest BCUT2D eigenvalue weighted by atomic mass is 10.0. The normalized spacial score (nSPS) is 12.5. The lowest BCUT2D eigenvalue weighted by Crippen LogP contribution is -2.11. The molecule has 7 nitrogen and oxygen atoms in total. The molecule has 3 aromatic rings. The molecule has 0 saturated heterocycles. The van der Waals surface area contributed by atoms with Crippen molar-refractivity contribution >= 4 is 11.6 Å². The van der Waals surface area contributed by atoms with Crippen molar-refractivity contribution in [2.45, 2.75) is 25.3 Å². The third kappa shape index (κ3) is 5.93. The average molecular weight is 442 g/mol. The van der Waals surface area contributed by atoms with Crippen LogP contribution in [0.4, 0.5) is 32.0 Å². The highest BCUT2D eigenvalue weighted by Gasteiger charge is 2.37. The highest BCUT2D eigenvalue weighted by atomic mass is 19.4. The topological polar surface area (TPSA) is 85.4 Å². The molecule has 0 spiro atoms. The first-order chi connectivity index (χ1) is 14.5. The van der Waals surface area contributed by atoms with E-state index in [0.717, 1.165) is 11.0 Å². The number of carbonyl (C=O) groups is 1. The number of nitrogens with zero attached hydrogens (tertiary/aromatic N) is 6. The number of aromatic nitrogens is 4. The molecule has 0 N–H and O–H groups in total. The van der Waals surface area contributed by atoms with E-state index in [1.54, 1.807) is 0 Å². The monoisotopic (exact) mass is 442 g/mol. The molecule has 1 aromatic carbocycles. The second kappa shape index (κ2) is 8.62. The number of carbonyl (C=O) groups excluding carboxylic acids is 1. The summed E-state index contributed by atoms with van der Waals surface area (Å²) in [7, 11) is 0. The average Bonchev–Trinajstić information content (AvgIpc) is 3.19. The Morgan fingerprint density at radius 2 is 1.58 bits per heavy atom. The van der Waals surface area contributed by atoms with Crippen LogP contribution in [-0.4, -0.2) is 25.7 Å². The van der Waals surface area contributed by atoms with Crippen molar-refractivity contribution in [1.29, 1.82) is 0 Å². The third-order valence-electron chi connectivity index (χ3n) is 3.88. The number of aryl methyl sites for hydroxylation is 1. The van der Waals surface area contributed by atoms with Crippen LogP contribution in [-0.2, 0) is 23.7 Å². The van der Waals surface area contributed by atoms with Gasteiger partial charge in [-0.05, 0) is 30.3 Å². The zero-order valence-corrected chi connectivity index (χ0v) is 15.4. The number of azo groups is 1. The molecule has 1 amide bonds. The molecule has 0 aliphatic carbocycles. The first kappa shape index (κ1) is 22.1. The van der Waals surface area contributed by atoms with Gasteiger partial charge in [0.25, 0.3) is 5.91 Å². The van der Waals surface area contributed by atoms with Crippen molar-refractivity contribution in [3.8, 4) is 11.4 Å². The fourth-order valence-corrected chi connectivity index (χ4v) is 2.40. The van der Waals surface area contributed by atoms with Gasteiger partial charge in [0.05, 0.1) is 29.8 Å². The summed E-state index contributed by atoms with van der Waals surface area (Å²) < 4.78 is 79.0. The molecular weight excluding hydrogens is 430 g/mol. The largest absolute Gasteiger partial charge is 0.416 e. The van der Waals surface area contributed by atoms with Crippen LogP contribution in [0.25, 0.3) is 11.4 Å². The number of alkyl halides is 6. The fraction of sp³-hybridized carbons (Fsp3) is 0.222. The molecular formula is C18H12F6N6O. The van der Waals surface area contributed by atoms with Gasteiger partial charge >= 0.3 is 12.4 Å². The van der Waals surface area contributed by atoms with Crippen molar-refractivity contribution in [3.63, 3.8) is 0 Å². The molecule has 31 heavy (non-hydrogen) atoms. The number of pyridine rings is 1. The van der Waals surface area contributed by atoms with Gasteiger partial charge in [-0.1, -0.05) is 0 Å². The summed E-state index contributed by atoms with van der Waals surface area (Å²) in [6, 6.07) is 4.15. The van der Waals surface area contributed by atoms with E-state index in [9.17, 15) is 31.1 Å². The van der Waals surface area contributed by atoms with Gasteiger partial charge in [0.1, 0.15) is 6.33 Å². The van der Waals surface area contributed by atoms with Crippen LogP contribution < -0.4 is 0 Å². The Kier molecular flexibility index (Phi) is 6.13. The maximum Gasteiger partial charge on any atom is 0.416 e. The zero-order chi connectivity index (χ0) is 22.6. The number of hydrogen-bond donors (Lipinski definition) is 0. The summed E-state index contributed by atoms with van der Waals surface area (Å²) in [5.74, 6) is -0.949. The smallest absolute Gasteiger partial charge is 0.271 e. The molecule has 2 aromatic heterocycles. The van der Waals surface area contributed by atoms with Gasteiger partial charge in [-0.3, -0.25) is 14.5 Å². The summed E-state index contributed by atoms with van der Waals surface area (Å²) in [5.41, 5.74) is -2.98. The van der Waals surface area contributed by atoms with E-state index in [4.69, 9.17) is 0 Å². The number of rotatable bonds is 5. The highest BCUT2D eigenvalue weighted by molar-refractivity contribution is 5.76. The maximum atomic E-state index is 13.0. The van der Waals surface area contributed by atoms with Gasteiger partial charge in [-0.2, -0.15) is 31.4 Å². The Balaban J connectivity index is 1.74. The van der Waals surface area contributed by atoms with E-state index in [-0.39, 0.29) is 24.9 Å². The summed E-state index contributed by atoms with van der Waals surface area (Å²) in [6.07, 6.45) is -6.10. The van der Waals surface area contributed by atoms with Gasteiger partial charge in [0.2, 0.25) is 0 Å². The van der Waals surface area contributed by atoms with E-state index in [0.29, 0.717) is 17.8 Å². The Labute approximate surface area is 170 Å². The molecule has 162 valence electrons. The van der Waals surface area contributed by atoms with E-state index in [1.807, 2.05) is 0 Å². The van der Waals surface area contributed by atoms with Crippen LogP contribution in [0.2, 0.25) is 0 Å². The standard InChI is InChI=1S/C18H12F6N6O/c19-17(20,21)12-7-11(8-13(9-12)18(22,23)24)16-26-10-30(29-16)6-3-15(31)28-27-14-1-4-25-5-2-14/h1-2,4-5,7-10H,3,6H2. The molecule has 0 aliphatic heterocycles. The molecule has 0 fully saturated rings. The molecule has 0 atom stereocenters. The molecule has 0 saturated carbocycles. The molecule has 3 rings (SSSR count). The Morgan fingerprint density at radius 1 is 0.968 bits per heavy atom. The van der Waals surface area contributed by atoms with Crippen LogP contribution in [0.3, 0.4) is 0 Å². The van der Waals surface area contributed by atoms with Crippen LogP contribution in [0.1, 0.15) is 17.5 Å². The van der Waals surface area contributed by atoms with Gasteiger partial charge < -0.3 is 0 Å². The lowest BCUT2D eigenvalue weighted by molar-refractivity contribution is -0.143. The first-order valence-corrected chi connectivity index (χ1v) is 8.56. The SMILES string of the molecule is O=C(CCn1cnc(-c2cc(C(F)(F)F)cc(C(F)(F)F)c2)n1)N=Nc1ccncc1. The van der Waals surface area contributed by atoms with Crippen LogP contribution in [0.5, 0.6) is 0 Å². The van der Waals surface area contributed by atoms with E-state index >= 15 is 0 Å². The van der Waals surface area contributed by atoms with Crippen LogP contribution >= 0.6 is 0 Å². The molecule has 0 radical (unpaired) electrons. The Hall–Kier alpha value is -3.64. The number of hydrogen-bond acceptors (Lipinski definition) is 5. The molecule has 0 unspecified atom stereocenters. The summed E-state index contributed by atoms with van der Waals surface area (Å²) in [5, 5.41) is 11.1. The maximum absolute atomic E-state index is 13.0. The number of benzene rings is 1. The minimum absolute atomic E-state index is 0.0208. The van der Waals surface area contributed by atoms with Crippen molar-refractivity contribution in [1.82, 2.24) is 19.7 Å². The summed E-state index contributed by atoms with van der Waals surface area (Å²) >= 11 is 0. The first-order valence-electron chi connectivity index (χ1n) is 8.56. The predicted octanol–water partition coefficient (Wildman–Crippen LogP) is 5.08. The van der Waals surface area contributed by atoms with Crippen LogP contribution in [0.15, 0.2) is 59.3 Å². The third-order valence-corrected chi connectivity index (χ3v) is 3.88. The molecule has 13 heteroatoms. The van der Waals surface area contributed by atoms with Gasteiger partial charge in [-0.15, -0.1) is 10.2 Å². The molecule has 2 heterocycles. The zero-order valence-electron chi connectivity index (χ0n) is 15.4. The summed E-state index contributed by atoms with van der Waals surface area (Å²) in [6.45, 7) is -0.0493. The van der Waals surface area contributed by atoms with Gasteiger partial charge in [0.15, 0.2) is 5.82 Å². The van der Waals surface area contributed by atoms with Crippen molar-refractivity contribution < 1.29 is 31.1 Å². The van der Waals surface area contributed by atoms with Crippen molar-refractivity contribution in [2.75, 3.05) is 0 Å². The Morgan fingerprint density at radius 3 is 2.16 bits per heavy atom. The lowest BCUT2D eigenvalue weighted by Gasteiger charge is -2.13. The minimum Gasteiger partial charge on any atom is -0.271 e. The number of amides is 1. The number of halogens is 6. The van der Waals surface area contributed by atoms with Gasteiger partial charge in [0, 0.05) is 18.0 Å². The fourth-order valence-electron chi connectivity index (χ4n) is 2.40. The quantitative estimate of drug-likeness (QED) is 0.408. The summed E-state index contributed by atoms with van der Waals surface area (Å²) in [4.78, 5) is 19.3. The van der Waals surface area contributed by atoms with E-state index in [2.05, 4.69) is 25.3 Å². The molecule has 0 aliphatic rings. The van der Waals surface area contributed by atoms with Crippen molar-refractivity contribution in [2.24, 2.45) is 10.2 Å².